The van der Waals surface area contributed by atoms with Crippen molar-refractivity contribution in [3.63, 3.8) is 0 Å². The monoisotopic (exact) mass is 520 g/mol. The van der Waals surface area contributed by atoms with Crippen molar-refractivity contribution in [1.29, 1.82) is 0 Å². The van der Waals surface area contributed by atoms with Crippen molar-refractivity contribution >= 4 is 40.0 Å². The number of aliphatic imine (C=N–C) groups is 1. The van der Waals surface area contributed by atoms with E-state index < -0.39 is 10.0 Å². The van der Waals surface area contributed by atoms with Gasteiger partial charge in [0.25, 0.3) is 0 Å². The van der Waals surface area contributed by atoms with Crippen LogP contribution in [0.3, 0.4) is 0 Å². The highest BCUT2D eigenvalue weighted by Crippen LogP contribution is 2.11. The van der Waals surface area contributed by atoms with E-state index in [0.717, 1.165) is 44.8 Å². The second-order valence-electron chi connectivity index (χ2n) is 6.33. The molecule has 1 rings (SSSR count). The lowest BCUT2D eigenvalue weighted by Gasteiger charge is -2.16. The van der Waals surface area contributed by atoms with Gasteiger partial charge < -0.3 is 20.1 Å². The molecule has 0 aromatic carbocycles. The molecule has 10 heteroatoms. The summed E-state index contributed by atoms with van der Waals surface area (Å²) in [6.45, 7) is 8.53. The summed E-state index contributed by atoms with van der Waals surface area (Å²) in [5.41, 5.74) is 0. The topological polar surface area (TPSA) is 92.3 Å². The zero-order valence-corrected chi connectivity index (χ0v) is 20.1. The minimum atomic E-state index is -3.10. The minimum absolute atomic E-state index is 0. The van der Waals surface area contributed by atoms with Crippen molar-refractivity contribution in [3.05, 3.63) is 0 Å². The number of hydrogen-bond donors (Lipinski definition) is 2. The first-order valence-electron chi connectivity index (χ1n) is 9.65. The van der Waals surface area contributed by atoms with Crippen molar-refractivity contribution in [1.82, 2.24) is 14.9 Å². The van der Waals surface area contributed by atoms with Gasteiger partial charge in [0.2, 0.25) is 10.0 Å². The molecule has 1 fully saturated rings. The van der Waals surface area contributed by atoms with E-state index in [2.05, 4.69) is 15.6 Å². The molecule has 0 radical (unpaired) electrons. The molecule has 0 aromatic rings. The number of hydrogen-bond acceptors (Lipinski definition) is 5. The van der Waals surface area contributed by atoms with Gasteiger partial charge in [-0.25, -0.2) is 12.7 Å². The van der Waals surface area contributed by atoms with Crippen LogP contribution < -0.4 is 10.6 Å². The Morgan fingerprint density at radius 1 is 1.30 bits per heavy atom. The van der Waals surface area contributed by atoms with E-state index in [1.54, 1.807) is 14.0 Å². The summed E-state index contributed by atoms with van der Waals surface area (Å²) in [6.07, 6.45) is 4.09. The van der Waals surface area contributed by atoms with Gasteiger partial charge >= 0.3 is 0 Å². The maximum absolute atomic E-state index is 11.7. The van der Waals surface area contributed by atoms with Gasteiger partial charge in [0.05, 0.1) is 18.5 Å². The highest BCUT2D eigenvalue weighted by molar-refractivity contribution is 14.0. The van der Waals surface area contributed by atoms with Crippen LogP contribution in [0.5, 0.6) is 0 Å². The van der Waals surface area contributed by atoms with Gasteiger partial charge in [-0.15, -0.1) is 24.0 Å². The van der Waals surface area contributed by atoms with Crippen LogP contribution in [0.25, 0.3) is 0 Å². The predicted molar refractivity (Wildman–Crippen MR) is 121 cm³/mol. The Morgan fingerprint density at radius 3 is 2.70 bits per heavy atom. The van der Waals surface area contributed by atoms with Crippen LogP contribution in [0.1, 0.15) is 39.5 Å². The largest absolute Gasteiger partial charge is 0.379 e. The molecule has 0 saturated carbocycles. The number of sulfonamides is 1. The molecule has 1 saturated heterocycles. The zero-order chi connectivity index (χ0) is 19.3. The third-order valence-corrected chi connectivity index (χ3v) is 6.03. The van der Waals surface area contributed by atoms with Gasteiger partial charge in [0, 0.05) is 46.4 Å². The third kappa shape index (κ3) is 12.1. The third-order valence-electron chi connectivity index (χ3n) is 4.17. The van der Waals surface area contributed by atoms with E-state index in [1.807, 2.05) is 6.92 Å². The molecule has 0 spiro atoms. The van der Waals surface area contributed by atoms with Crippen LogP contribution in [0.4, 0.5) is 0 Å². The molecule has 162 valence electrons. The first-order chi connectivity index (χ1) is 12.5. The average Bonchev–Trinajstić information content (AvgIpc) is 3.14. The fourth-order valence-electron chi connectivity index (χ4n) is 2.56. The Hall–Kier alpha value is -0.170. The molecule has 1 atom stereocenters. The lowest BCUT2D eigenvalue weighted by Crippen LogP contribution is -2.39. The Balaban J connectivity index is 0.00000676. The summed E-state index contributed by atoms with van der Waals surface area (Å²) in [4.78, 5) is 4.52. The highest BCUT2D eigenvalue weighted by atomic mass is 127. The van der Waals surface area contributed by atoms with Crippen LogP contribution in [0.15, 0.2) is 4.99 Å². The van der Waals surface area contributed by atoms with Crippen molar-refractivity contribution in [2.24, 2.45) is 4.99 Å². The first kappa shape index (κ1) is 26.8. The number of nitrogens with zero attached hydrogens (tertiary/aromatic N) is 2. The Morgan fingerprint density at radius 2 is 2.07 bits per heavy atom. The van der Waals surface area contributed by atoms with Crippen LogP contribution >= 0.6 is 24.0 Å². The SMILES string of the molecule is CCNC(=NCCCOCC1CCCO1)NCCCN(C)S(=O)(=O)CC.I. The molecule has 1 unspecified atom stereocenters. The summed E-state index contributed by atoms with van der Waals surface area (Å²) in [7, 11) is -1.48. The first-order valence-corrected chi connectivity index (χ1v) is 11.3. The van der Waals surface area contributed by atoms with Crippen molar-refractivity contribution in [2.45, 2.75) is 45.6 Å². The van der Waals surface area contributed by atoms with Crippen molar-refractivity contribution < 1.29 is 17.9 Å². The number of ether oxygens (including phenoxy) is 2. The summed E-state index contributed by atoms with van der Waals surface area (Å²) in [5.74, 6) is 0.892. The second kappa shape index (κ2) is 15.7. The van der Waals surface area contributed by atoms with Gasteiger partial charge in [0.1, 0.15) is 0 Å². The quantitative estimate of drug-likeness (QED) is 0.165. The fourth-order valence-corrected chi connectivity index (χ4v) is 3.41. The van der Waals surface area contributed by atoms with Gasteiger partial charge in [-0.2, -0.15) is 0 Å². The van der Waals surface area contributed by atoms with Gasteiger partial charge in [-0.3, -0.25) is 4.99 Å². The molecule has 0 bridgehead atoms. The number of nitrogens with one attached hydrogen (secondary N) is 2. The van der Waals surface area contributed by atoms with Gasteiger partial charge in [0.15, 0.2) is 5.96 Å². The minimum Gasteiger partial charge on any atom is -0.379 e. The molecule has 2 N–H and O–H groups in total. The number of rotatable bonds is 13. The Labute approximate surface area is 181 Å². The molecular formula is C17H37IN4O4S. The molecule has 0 aliphatic carbocycles. The van der Waals surface area contributed by atoms with Gasteiger partial charge in [-0.1, -0.05) is 0 Å². The summed E-state index contributed by atoms with van der Waals surface area (Å²) in [5, 5.41) is 6.43. The van der Waals surface area contributed by atoms with Crippen molar-refractivity contribution in [2.75, 3.05) is 58.8 Å². The summed E-state index contributed by atoms with van der Waals surface area (Å²) < 4.78 is 35.9. The zero-order valence-electron chi connectivity index (χ0n) is 16.9. The van der Waals surface area contributed by atoms with Crippen LogP contribution in [-0.2, 0) is 19.5 Å². The van der Waals surface area contributed by atoms with E-state index in [-0.39, 0.29) is 35.8 Å². The number of guanidine groups is 1. The lowest BCUT2D eigenvalue weighted by molar-refractivity contribution is 0.0171. The lowest BCUT2D eigenvalue weighted by atomic mass is 10.2. The van der Waals surface area contributed by atoms with Crippen LogP contribution in [0, 0.1) is 0 Å². The van der Waals surface area contributed by atoms with Crippen LogP contribution in [0.2, 0.25) is 0 Å². The highest BCUT2D eigenvalue weighted by Gasteiger charge is 2.15. The van der Waals surface area contributed by atoms with E-state index >= 15 is 0 Å². The fraction of sp³-hybridized carbons (Fsp3) is 0.941. The molecule has 1 aliphatic heterocycles. The van der Waals surface area contributed by atoms with E-state index in [4.69, 9.17) is 9.47 Å². The maximum Gasteiger partial charge on any atom is 0.213 e. The average molecular weight is 520 g/mol. The number of halogens is 1. The van der Waals surface area contributed by atoms with Gasteiger partial charge in [-0.05, 0) is 39.5 Å². The van der Waals surface area contributed by atoms with Crippen LogP contribution in [-0.4, -0.2) is 83.6 Å². The Bertz CT molecular complexity index is 499. The Kier molecular flexibility index (Phi) is 15.6. The molecule has 1 aliphatic rings. The molecule has 0 amide bonds. The predicted octanol–water partition coefficient (Wildman–Crippen LogP) is 1.42. The molecular weight excluding hydrogens is 483 g/mol. The standard InChI is InChI=1S/C17H36N4O4S.HI/c1-4-18-17(19-10-7-12-21(3)26(22,23)5-2)20-11-8-13-24-15-16-9-6-14-25-16;/h16H,4-15H2,1-3H3,(H2,18,19,20);1H. The van der Waals surface area contributed by atoms with E-state index in [1.165, 1.54) is 4.31 Å². The summed E-state index contributed by atoms with van der Waals surface area (Å²) >= 11 is 0. The molecule has 0 aromatic heterocycles. The van der Waals surface area contributed by atoms with E-state index in [9.17, 15) is 8.42 Å². The summed E-state index contributed by atoms with van der Waals surface area (Å²) in [6, 6.07) is 0. The normalized spacial score (nSPS) is 17.8. The molecule has 8 nitrogen and oxygen atoms in total. The smallest absolute Gasteiger partial charge is 0.213 e. The van der Waals surface area contributed by atoms with Crippen molar-refractivity contribution in [3.8, 4) is 0 Å². The maximum atomic E-state index is 11.7. The second-order valence-corrected chi connectivity index (χ2v) is 8.69. The van der Waals surface area contributed by atoms with E-state index in [0.29, 0.717) is 32.8 Å². The molecule has 1 heterocycles. The molecule has 27 heavy (non-hydrogen) atoms.